The van der Waals surface area contributed by atoms with E-state index in [-0.39, 0.29) is 21.7 Å². The SMILES string of the molecule is CC1(C)c2cc(-c3ccccc3)ccc2N2c3ccc(-c4ccccc4)cc3C(C)(C)c3c2c1cc1c3sc2ccccc21.CC1(C)c2ccccc2N2c3ccccc3C(C)(C)c3c2c1cc1c3sc2ccccc21.c1ccc(-c2ccc3c(c2)[Si](c2ccccc2)(c2ccccc2)c2cc4c(oc5ccccc54)c4c2N3c2ccc(-c3ccccc3)cc2[Si]4(c2ccccc2)c2ccccc2)cc1. The fraction of sp³-hybridized carbons (Fsp3) is 0.0909. The van der Waals surface area contributed by atoms with E-state index in [1.807, 2.05) is 22.7 Å². The van der Waals surface area contributed by atoms with Crippen molar-refractivity contribution in [2.75, 3.05) is 14.7 Å². The third-order valence-electron chi connectivity index (χ3n) is 32.0. The Hall–Kier alpha value is -15.5. The van der Waals surface area contributed by atoms with E-state index in [1.165, 1.54) is 227 Å². The van der Waals surface area contributed by atoms with E-state index in [1.54, 1.807) is 0 Å². The van der Waals surface area contributed by atoms with Crippen LogP contribution >= 0.6 is 22.7 Å². The van der Waals surface area contributed by atoms with Crippen LogP contribution in [0.1, 0.15) is 99.9 Å². The molecule has 0 N–H and O–H groups in total. The van der Waals surface area contributed by atoms with E-state index in [0.717, 1.165) is 16.6 Å². The molecule has 668 valence electrons. The highest BCUT2D eigenvalue weighted by Crippen LogP contribution is 2.66. The van der Waals surface area contributed by atoms with E-state index in [9.17, 15) is 0 Å². The highest BCUT2D eigenvalue weighted by Gasteiger charge is 2.59. The van der Waals surface area contributed by atoms with Crippen molar-refractivity contribution in [1.82, 2.24) is 0 Å². The average Bonchev–Trinajstić information content (AvgIpc) is 1.04. The first-order chi connectivity index (χ1) is 68.5. The third kappa shape index (κ3) is 12.0. The van der Waals surface area contributed by atoms with Crippen LogP contribution in [0.25, 0.3) is 107 Å². The first-order valence-electron chi connectivity index (χ1n) is 49.1. The standard InChI is InChI=1S/C60H41NOSi2.C42H33NS.C30H25NS/c1-7-21-42(22-8-1)44-35-37-52-55(39-44)63(46-25-11-3-12-26-46,47-27-13-4-14-28-47)57-41-51-50-33-19-20-34-54(50)62-59(51)60-58(57)61(52)53-38-36-45(43-23-9-2-10-24-43)40-56(53)64(60,48-29-15-5-16-30-48)49-31-17-6-18-32-49;1-41(2)32-23-28(26-13-7-5-8-14-26)19-21-35(32)43-36-22-20-29(27-15-9-6-10-16-27)24-33(36)42(3,4)38-39(43)34(41)25-31-30-17-11-12-18-37(30)44-40(31)38;1-29(2)20-12-6-8-14-23(20)31-24-15-9-7-13-21(24)30(3,4)26-27(31)22(29)17-19-18-11-5-10-16-25(18)32-28(19)26/h1-41H;5-25H,1-4H3;5-17H,1-4H3. The molecule has 9 heterocycles. The second-order valence-corrected chi connectivity index (χ2v) is 50.3. The molecule has 0 spiro atoms. The molecule has 4 nitrogen and oxygen atoms in total. The predicted molar refractivity (Wildman–Crippen MR) is 601 cm³/mol. The van der Waals surface area contributed by atoms with Crippen LogP contribution in [0.2, 0.25) is 0 Å². The molecule has 0 bridgehead atoms. The number of para-hydroxylation sites is 3. The van der Waals surface area contributed by atoms with Gasteiger partial charge in [0.05, 0.1) is 39.8 Å². The van der Waals surface area contributed by atoms with Crippen LogP contribution in [0.3, 0.4) is 0 Å². The number of hydrogen-bond donors (Lipinski definition) is 0. The quantitative estimate of drug-likeness (QED) is 0.141. The lowest BCUT2D eigenvalue weighted by molar-refractivity contribution is 0.602. The smallest absolute Gasteiger partial charge is 0.188 e. The van der Waals surface area contributed by atoms with Gasteiger partial charge < -0.3 is 19.1 Å². The molecule has 140 heavy (non-hydrogen) atoms. The number of thiophene rings is 2. The molecular formula is C132H99N3OS2Si2. The zero-order valence-electron chi connectivity index (χ0n) is 79.4. The van der Waals surface area contributed by atoms with Crippen molar-refractivity contribution in [3.05, 3.63) is 499 Å². The number of hydrogen-bond acceptors (Lipinski definition) is 6. The van der Waals surface area contributed by atoms with Crippen LogP contribution in [-0.2, 0) is 21.7 Å². The van der Waals surface area contributed by atoms with Gasteiger partial charge in [-0.25, -0.2) is 0 Å². The van der Waals surface area contributed by atoms with Crippen molar-refractivity contribution in [3.63, 3.8) is 0 Å². The molecule has 0 amide bonds. The lowest BCUT2D eigenvalue weighted by atomic mass is 9.65. The van der Waals surface area contributed by atoms with Crippen molar-refractivity contribution in [2.45, 2.75) is 77.0 Å². The van der Waals surface area contributed by atoms with E-state index in [0.29, 0.717) is 0 Å². The van der Waals surface area contributed by atoms with Gasteiger partial charge in [-0.3, -0.25) is 0 Å². The predicted octanol–water partition coefficient (Wildman–Crippen LogP) is 30.7. The van der Waals surface area contributed by atoms with Gasteiger partial charge in [-0.2, -0.15) is 0 Å². The second kappa shape index (κ2) is 31.5. The molecule has 20 aromatic carbocycles. The molecule has 8 heteroatoms. The molecule has 3 aromatic heterocycles. The summed E-state index contributed by atoms with van der Waals surface area (Å²) in [7, 11) is -6.47. The Labute approximate surface area is 827 Å². The molecule has 0 atom stereocenters. The monoisotopic (exact) mass is 1860 g/mol. The molecule has 6 aliphatic heterocycles. The van der Waals surface area contributed by atoms with Gasteiger partial charge in [-0.15, -0.1) is 22.7 Å². The zero-order chi connectivity index (χ0) is 93.9. The fourth-order valence-corrected chi connectivity index (χ4v) is 38.7. The van der Waals surface area contributed by atoms with Gasteiger partial charge in [-0.1, -0.05) is 425 Å². The minimum absolute atomic E-state index is 0.0726. The molecule has 6 aliphatic rings. The number of furan rings is 1. The maximum absolute atomic E-state index is 7.42. The van der Waals surface area contributed by atoms with Crippen molar-refractivity contribution < 1.29 is 4.42 Å². The van der Waals surface area contributed by atoms with Gasteiger partial charge in [0.1, 0.15) is 11.2 Å². The van der Waals surface area contributed by atoms with Gasteiger partial charge >= 0.3 is 0 Å². The molecule has 0 aliphatic carbocycles. The highest BCUT2D eigenvalue weighted by molar-refractivity contribution is 7.27. The zero-order valence-corrected chi connectivity index (χ0v) is 83.0. The third-order valence-corrected chi connectivity index (χ3v) is 44.0. The van der Waals surface area contributed by atoms with E-state index >= 15 is 0 Å². The summed E-state index contributed by atoms with van der Waals surface area (Å²) in [6, 6.07) is 170. The van der Waals surface area contributed by atoms with Gasteiger partial charge in [0.2, 0.25) is 0 Å². The Morgan fingerprint density at radius 1 is 0.214 bits per heavy atom. The Morgan fingerprint density at radius 2 is 0.529 bits per heavy atom. The normalized spacial score (nSPS) is 15.3. The lowest BCUT2D eigenvalue weighted by Gasteiger charge is -2.52. The Morgan fingerprint density at radius 3 is 0.964 bits per heavy atom. The van der Waals surface area contributed by atoms with Crippen LogP contribution in [0.15, 0.2) is 459 Å². The summed E-state index contributed by atoms with van der Waals surface area (Å²) < 4.78 is 13.0. The number of rotatable bonds is 8. The molecule has 0 saturated carbocycles. The minimum Gasteiger partial charge on any atom is -0.456 e. The summed E-state index contributed by atoms with van der Waals surface area (Å²) in [5.74, 6) is 0. The first-order valence-corrected chi connectivity index (χ1v) is 54.7. The number of fused-ring (bicyclic) bond motifs is 24. The largest absolute Gasteiger partial charge is 0.456 e. The maximum Gasteiger partial charge on any atom is 0.188 e. The summed E-state index contributed by atoms with van der Waals surface area (Å²) in [5, 5.41) is 18.6. The number of nitrogens with zero attached hydrogens (tertiary/aromatic N) is 3. The topological polar surface area (TPSA) is 22.9 Å². The minimum atomic E-state index is -3.29. The Kier molecular flexibility index (Phi) is 18.9. The molecule has 0 radical (unpaired) electrons. The first kappa shape index (κ1) is 83.8. The van der Waals surface area contributed by atoms with Gasteiger partial charge in [0, 0.05) is 100 Å². The second-order valence-electron chi connectivity index (χ2n) is 40.8. The molecule has 0 unspecified atom stereocenters. The van der Waals surface area contributed by atoms with Crippen molar-refractivity contribution in [2.24, 2.45) is 0 Å². The maximum atomic E-state index is 7.42. The average molecular weight is 1860 g/mol. The van der Waals surface area contributed by atoms with E-state index in [2.05, 4.69) is 525 Å². The summed E-state index contributed by atoms with van der Waals surface area (Å²) in [6.45, 7) is 19.4. The van der Waals surface area contributed by atoms with Gasteiger partial charge in [0.25, 0.3) is 0 Å². The number of benzene rings is 20. The summed E-state index contributed by atoms with van der Waals surface area (Å²) in [4.78, 5) is 7.80. The van der Waals surface area contributed by atoms with E-state index in [4.69, 9.17) is 4.42 Å². The highest BCUT2D eigenvalue weighted by atomic mass is 32.1. The molecule has 0 fully saturated rings. The van der Waals surface area contributed by atoms with Crippen LogP contribution in [-0.4, -0.2) is 16.1 Å². The van der Waals surface area contributed by atoms with Crippen molar-refractivity contribution in [1.29, 1.82) is 0 Å². The fourth-order valence-electron chi connectivity index (χ4n) is 25.4. The molecule has 29 rings (SSSR count). The molecule has 0 saturated heterocycles. The van der Waals surface area contributed by atoms with Crippen LogP contribution < -0.4 is 56.2 Å². The molecular weight excluding hydrogens is 1760 g/mol. The number of anilines is 9. The van der Waals surface area contributed by atoms with E-state index < -0.39 is 16.1 Å². The Bertz CT molecular complexity index is 8890. The summed E-state index contributed by atoms with van der Waals surface area (Å²) in [6.07, 6.45) is 0. The lowest BCUT2D eigenvalue weighted by Crippen LogP contribution is -2.82. The van der Waals surface area contributed by atoms with Crippen molar-refractivity contribution in [3.8, 4) is 44.5 Å². The van der Waals surface area contributed by atoms with Gasteiger partial charge in [0.15, 0.2) is 16.1 Å². The molecule has 23 aromatic rings. The van der Waals surface area contributed by atoms with Crippen molar-refractivity contribution >= 4 is 194 Å². The summed E-state index contributed by atoms with van der Waals surface area (Å²) in [5.41, 5.74) is 34.2. The Balaban J connectivity index is 0.000000112. The van der Waals surface area contributed by atoms with Crippen LogP contribution in [0.4, 0.5) is 51.2 Å². The van der Waals surface area contributed by atoms with Crippen LogP contribution in [0, 0.1) is 0 Å². The van der Waals surface area contributed by atoms with Crippen LogP contribution in [0.5, 0.6) is 0 Å². The summed E-state index contributed by atoms with van der Waals surface area (Å²) >= 11 is 3.91. The van der Waals surface area contributed by atoms with Gasteiger partial charge in [-0.05, 0) is 199 Å².